The van der Waals surface area contributed by atoms with Crippen LogP contribution in [0.15, 0.2) is 18.2 Å². The van der Waals surface area contributed by atoms with Crippen LogP contribution in [0.2, 0.25) is 0 Å². The zero-order valence-electron chi connectivity index (χ0n) is 12.9. The molecule has 0 unspecified atom stereocenters. The predicted molar refractivity (Wildman–Crippen MR) is 85.9 cm³/mol. The average Bonchev–Trinajstić information content (AvgIpc) is 2.44. The van der Waals surface area contributed by atoms with Crippen molar-refractivity contribution >= 4 is 17.3 Å². The minimum atomic E-state index is 0.0497. The maximum atomic E-state index is 12.0. The summed E-state index contributed by atoms with van der Waals surface area (Å²) >= 11 is 0. The zero-order valence-corrected chi connectivity index (χ0v) is 12.9. The highest BCUT2D eigenvalue weighted by Crippen LogP contribution is 2.20. The average molecular weight is 277 g/mol. The molecule has 0 aliphatic heterocycles. The third-order valence-corrected chi connectivity index (χ3v) is 3.58. The van der Waals surface area contributed by atoms with E-state index >= 15 is 0 Å². The van der Waals surface area contributed by atoms with Gasteiger partial charge in [0, 0.05) is 24.3 Å². The minimum Gasteiger partial charge on any atom is -0.398 e. The van der Waals surface area contributed by atoms with Crippen LogP contribution in [0.25, 0.3) is 0 Å². The van der Waals surface area contributed by atoms with Crippen LogP contribution in [0, 0.1) is 6.92 Å². The molecule has 0 fully saturated rings. The minimum absolute atomic E-state index is 0.0497. The number of carbonyl (C=O) groups is 1. The zero-order chi connectivity index (χ0) is 15.0. The van der Waals surface area contributed by atoms with Gasteiger partial charge < -0.3 is 16.0 Å². The molecule has 1 rings (SSSR count). The van der Waals surface area contributed by atoms with Gasteiger partial charge in [0.1, 0.15) is 0 Å². The Hall–Kier alpha value is -1.55. The van der Waals surface area contributed by atoms with Crippen molar-refractivity contribution in [3.8, 4) is 0 Å². The third-order valence-electron chi connectivity index (χ3n) is 3.58. The molecule has 0 aromatic heterocycles. The van der Waals surface area contributed by atoms with E-state index in [0.29, 0.717) is 12.1 Å². The van der Waals surface area contributed by atoms with E-state index in [4.69, 9.17) is 5.73 Å². The number of amides is 1. The Morgan fingerprint density at radius 3 is 2.70 bits per heavy atom. The molecule has 20 heavy (non-hydrogen) atoms. The van der Waals surface area contributed by atoms with Gasteiger partial charge in [-0.2, -0.15) is 0 Å². The summed E-state index contributed by atoms with van der Waals surface area (Å²) in [7, 11) is 0. The van der Waals surface area contributed by atoms with Crippen LogP contribution < -0.4 is 11.1 Å². The van der Waals surface area contributed by atoms with Crippen LogP contribution in [0.3, 0.4) is 0 Å². The Morgan fingerprint density at radius 1 is 1.30 bits per heavy atom. The summed E-state index contributed by atoms with van der Waals surface area (Å²) < 4.78 is 0. The van der Waals surface area contributed by atoms with Gasteiger partial charge in [0.15, 0.2) is 0 Å². The van der Waals surface area contributed by atoms with E-state index in [1.165, 1.54) is 12.8 Å². The van der Waals surface area contributed by atoms with Crippen LogP contribution in [-0.2, 0) is 4.79 Å². The number of anilines is 2. The smallest absolute Gasteiger partial charge is 0.225 e. The van der Waals surface area contributed by atoms with Crippen molar-refractivity contribution in [1.82, 2.24) is 4.90 Å². The Labute approximate surface area is 122 Å². The van der Waals surface area contributed by atoms with Crippen molar-refractivity contribution in [3.05, 3.63) is 23.8 Å². The number of rotatable bonds is 8. The second-order valence-corrected chi connectivity index (χ2v) is 5.11. The number of unbranched alkanes of at least 4 members (excludes halogenated alkanes) is 1. The molecule has 1 aromatic rings. The lowest BCUT2D eigenvalue weighted by Crippen LogP contribution is -2.28. The van der Waals surface area contributed by atoms with Gasteiger partial charge in [0.2, 0.25) is 5.91 Å². The number of nitrogens with two attached hydrogens (primary N) is 1. The van der Waals surface area contributed by atoms with E-state index in [1.54, 1.807) is 0 Å². The molecule has 1 amide bonds. The summed E-state index contributed by atoms with van der Waals surface area (Å²) in [6, 6.07) is 5.59. The molecule has 3 N–H and O–H groups in total. The molecule has 0 aliphatic rings. The molecule has 0 spiro atoms. The van der Waals surface area contributed by atoms with Gasteiger partial charge in [0.25, 0.3) is 0 Å². The van der Waals surface area contributed by atoms with E-state index in [2.05, 4.69) is 24.1 Å². The highest BCUT2D eigenvalue weighted by Gasteiger charge is 2.08. The lowest BCUT2D eigenvalue weighted by molar-refractivity contribution is -0.116. The molecular formula is C16H27N3O. The van der Waals surface area contributed by atoms with Crippen molar-refractivity contribution in [2.24, 2.45) is 0 Å². The Kier molecular flexibility index (Phi) is 7.09. The summed E-state index contributed by atoms with van der Waals surface area (Å²) in [4.78, 5) is 14.3. The van der Waals surface area contributed by atoms with Crippen LogP contribution in [0.4, 0.5) is 11.4 Å². The summed E-state index contributed by atoms with van der Waals surface area (Å²) in [5.74, 6) is 0.0497. The fourth-order valence-corrected chi connectivity index (χ4v) is 2.07. The summed E-state index contributed by atoms with van der Waals surface area (Å²) in [5, 5.41) is 2.94. The number of nitrogens with one attached hydrogen (secondary N) is 1. The molecule has 0 saturated heterocycles. The highest BCUT2D eigenvalue weighted by atomic mass is 16.1. The molecule has 0 radical (unpaired) electrons. The molecule has 0 atom stereocenters. The second kappa shape index (κ2) is 8.59. The van der Waals surface area contributed by atoms with E-state index in [9.17, 15) is 4.79 Å². The third kappa shape index (κ3) is 5.21. The Bertz CT molecular complexity index is 432. The number of hydrogen-bond donors (Lipinski definition) is 2. The van der Waals surface area contributed by atoms with E-state index in [1.807, 2.05) is 25.1 Å². The molecular weight excluding hydrogens is 250 g/mol. The first-order valence-corrected chi connectivity index (χ1v) is 7.45. The number of benzene rings is 1. The maximum absolute atomic E-state index is 12.0. The molecule has 112 valence electrons. The maximum Gasteiger partial charge on any atom is 0.225 e. The van der Waals surface area contributed by atoms with Crippen molar-refractivity contribution in [3.63, 3.8) is 0 Å². The van der Waals surface area contributed by atoms with Crippen molar-refractivity contribution < 1.29 is 4.79 Å². The van der Waals surface area contributed by atoms with Gasteiger partial charge in [-0.3, -0.25) is 4.79 Å². The molecule has 0 saturated carbocycles. The number of nitrogens with zero attached hydrogens (tertiary/aromatic N) is 1. The van der Waals surface area contributed by atoms with Gasteiger partial charge in [-0.1, -0.05) is 26.3 Å². The van der Waals surface area contributed by atoms with E-state index < -0.39 is 0 Å². The number of nitrogen functional groups attached to an aromatic ring is 1. The summed E-state index contributed by atoms with van der Waals surface area (Å²) in [5.41, 5.74) is 8.29. The highest BCUT2D eigenvalue weighted by molar-refractivity contribution is 5.92. The van der Waals surface area contributed by atoms with E-state index in [0.717, 1.165) is 30.9 Å². The van der Waals surface area contributed by atoms with Gasteiger partial charge in [-0.05, 0) is 44.1 Å². The Balaban J connectivity index is 2.45. The molecule has 1 aromatic carbocycles. The van der Waals surface area contributed by atoms with Gasteiger partial charge in [0.05, 0.1) is 0 Å². The molecule has 4 nitrogen and oxygen atoms in total. The molecule has 0 heterocycles. The number of hydrogen-bond acceptors (Lipinski definition) is 3. The monoisotopic (exact) mass is 277 g/mol. The predicted octanol–water partition coefficient (Wildman–Crippen LogP) is 3.03. The molecule has 4 heteroatoms. The molecule has 0 bridgehead atoms. The fraction of sp³-hybridized carbons (Fsp3) is 0.562. The first-order valence-electron chi connectivity index (χ1n) is 7.45. The van der Waals surface area contributed by atoms with Crippen molar-refractivity contribution in [2.45, 2.75) is 40.0 Å². The van der Waals surface area contributed by atoms with Crippen LogP contribution in [-0.4, -0.2) is 30.4 Å². The summed E-state index contributed by atoms with van der Waals surface area (Å²) in [6.45, 7) is 9.11. The lowest BCUT2D eigenvalue weighted by atomic mass is 10.1. The van der Waals surface area contributed by atoms with E-state index in [-0.39, 0.29) is 5.91 Å². The lowest BCUT2D eigenvalue weighted by Gasteiger charge is -2.19. The summed E-state index contributed by atoms with van der Waals surface area (Å²) in [6.07, 6.45) is 2.89. The molecule has 0 aliphatic carbocycles. The van der Waals surface area contributed by atoms with Crippen molar-refractivity contribution in [2.75, 3.05) is 30.7 Å². The largest absolute Gasteiger partial charge is 0.398 e. The van der Waals surface area contributed by atoms with Crippen molar-refractivity contribution in [1.29, 1.82) is 0 Å². The quantitative estimate of drug-likeness (QED) is 0.718. The van der Waals surface area contributed by atoms with Crippen LogP contribution in [0.1, 0.15) is 38.7 Å². The topological polar surface area (TPSA) is 58.4 Å². The van der Waals surface area contributed by atoms with Crippen LogP contribution >= 0.6 is 0 Å². The first kappa shape index (κ1) is 16.5. The first-order chi connectivity index (χ1) is 9.58. The normalized spacial score (nSPS) is 10.8. The van der Waals surface area contributed by atoms with Gasteiger partial charge in [-0.15, -0.1) is 0 Å². The second-order valence-electron chi connectivity index (χ2n) is 5.11. The van der Waals surface area contributed by atoms with Crippen LogP contribution in [0.5, 0.6) is 0 Å². The number of carbonyl (C=O) groups excluding carboxylic acids is 1. The van der Waals surface area contributed by atoms with Gasteiger partial charge in [-0.25, -0.2) is 0 Å². The SMILES string of the molecule is CCCCN(CC)CCC(=O)Nc1cccc(N)c1C. The van der Waals surface area contributed by atoms with Gasteiger partial charge >= 0.3 is 0 Å². The standard InChI is InChI=1S/C16H27N3O/c1-4-6-11-19(5-2)12-10-16(20)18-15-9-7-8-14(17)13(15)3/h7-9H,4-6,10-12,17H2,1-3H3,(H,18,20). The fourth-order valence-electron chi connectivity index (χ4n) is 2.07. The Morgan fingerprint density at radius 2 is 2.05 bits per heavy atom.